The van der Waals surface area contributed by atoms with Crippen LogP contribution < -0.4 is 0 Å². The molecule has 0 radical (unpaired) electrons. The van der Waals surface area contributed by atoms with Gasteiger partial charge >= 0.3 is 6.09 Å². The largest absolute Gasteiger partial charge is 0.465 e. The number of nitrogens with zero attached hydrogens (tertiary/aromatic N) is 2. The van der Waals surface area contributed by atoms with E-state index >= 15 is 0 Å². The molecule has 0 aliphatic carbocycles. The molecule has 2 fully saturated rings. The first-order chi connectivity index (χ1) is 12.4. The van der Waals surface area contributed by atoms with E-state index in [4.69, 9.17) is 16.7 Å². The Morgan fingerprint density at radius 2 is 1.73 bits per heavy atom. The third-order valence-corrected chi connectivity index (χ3v) is 6.13. The van der Waals surface area contributed by atoms with Crippen molar-refractivity contribution in [2.24, 2.45) is 0 Å². The molecule has 7 heteroatoms. The van der Waals surface area contributed by atoms with E-state index in [2.05, 4.69) is 17.0 Å². The number of aliphatic hydroxyl groups excluding tert-OH is 1. The minimum atomic E-state index is -1.20. The molecule has 3 N–H and O–H groups in total. The lowest BCUT2D eigenvalue weighted by Crippen LogP contribution is -2.56. The van der Waals surface area contributed by atoms with Crippen LogP contribution in [-0.2, 0) is 0 Å². The maximum absolute atomic E-state index is 11.0. The van der Waals surface area contributed by atoms with Crippen LogP contribution in [0.2, 0.25) is 5.02 Å². The average molecular weight is 383 g/mol. The van der Waals surface area contributed by atoms with Crippen molar-refractivity contribution >= 4 is 17.7 Å². The van der Waals surface area contributed by atoms with Gasteiger partial charge in [0.1, 0.15) is 0 Å². The van der Waals surface area contributed by atoms with Crippen LogP contribution in [0.25, 0.3) is 0 Å². The zero-order chi connectivity index (χ0) is 18.7. The molecule has 0 aromatic heterocycles. The second kappa shape index (κ2) is 8.13. The summed E-state index contributed by atoms with van der Waals surface area (Å²) < 4.78 is 0. The van der Waals surface area contributed by atoms with Gasteiger partial charge in [0.15, 0.2) is 0 Å². The first kappa shape index (κ1) is 19.4. The molecule has 1 atom stereocenters. The van der Waals surface area contributed by atoms with E-state index in [-0.39, 0.29) is 25.9 Å². The number of hydrogen-bond acceptors (Lipinski definition) is 4. The molecule has 0 bridgehead atoms. The summed E-state index contributed by atoms with van der Waals surface area (Å²) in [5.74, 6) is 0.502. The molecule has 144 valence electrons. The Balaban J connectivity index is 1.48. The average Bonchev–Trinajstić information content (AvgIpc) is 2.63. The van der Waals surface area contributed by atoms with Crippen molar-refractivity contribution < 1.29 is 20.1 Å². The molecule has 2 saturated heterocycles. The molecule has 1 unspecified atom stereocenters. The molecule has 0 spiro atoms. The number of carbonyl (C=O) groups is 1. The van der Waals surface area contributed by atoms with Gasteiger partial charge in [-0.2, -0.15) is 0 Å². The highest BCUT2D eigenvalue weighted by Crippen LogP contribution is 2.31. The Labute approximate surface area is 159 Å². The molecule has 0 saturated carbocycles. The van der Waals surface area contributed by atoms with Crippen molar-refractivity contribution in [3.8, 4) is 0 Å². The number of carboxylic acid groups (broad SMARTS) is 1. The van der Waals surface area contributed by atoms with E-state index in [9.17, 15) is 15.0 Å². The molecule has 2 heterocycles. The number of rotatable bonds is 4. The van der Waals surface area contributed by atoms with Crippen molar-refractivity contribution in [1.82, 2.24) is 9.80 Å². The highest BCUT2D eigenvalue weighted by Gasteiger charge is 2.41. The lowest BCUT2D eigenvalue weighted by Gasteiger charge is -2.42. The number of piperidine rings is 2. The van der Waals surface area contributed by atoms with Crippen LogP contribution >= 0.6 is 11.6 Å². The van der Waals surface area contributed by atoms with Crippen LogP contribution in [0.4, 0.5) is 4.79 Å². The Kier molecular flexibility index (Phi) is 6.07. The quantitative estimate of drug-likeness (QED) is 0.744. The topological polar surface area (TPSA) is 84.2 Å². The van der Waals surface area contributed by atoms with Gasteiger partial charge in [0.25, 0.3) is 0 Å². The van der Waals surface area contributed by atoms with E-state index in [1.54, 1.807) is 0 Å². The normalized spacial score (nSPS) is 23.0. The third kappa shape index (κ3) is 4.49. The number of hydrogen-bond donors (Lipinski definition) is 3. The van der Waals surface area contributed by atoms with E-state index in [1.165, 1.54) is 10.5 Å². The van der Waals surface area contributed by atoms with Crippen molar-refractivity contribution in [3.05, 3.63) is 34.9 Å². The van der Waals surface area contributed by atoms with Crippen molar-refractivity contribution in [3.63, 3.8) is 0 Å². The molecular weight excluding hydrogens is 356 g/mol. The summed E-state index contributed by atoms with van der Waals surface area (Å²) in [6.45, 7) is 2.71. The van der Waals surface area contributed by atoms with Gasteiger partial charge in [-0.1, -0.05) is 23.7 Å². The number of aliphatic hydroxyl groups is 2. The number of amides is 1. The molecule has 2 aliphatic rings. The zero-order valence-electron chi connectivity index (χ0n) is 14.9. The fraction of sp³-hybridized carbons (Fsp3) is 0.632. The molecule has 3 rings (SSSR count). The molecular formula is C19H27ClN2O4. The van der Waals surface area contributed by atoms with Crippen LogP contribution in [0.15, 0.2) is 24.3 Å². The molecule has 26 heavy (non-hydrogen) atoms. The molecule has 1 amide bonds. The maximum atomic E-state index is 11.0. The summed E-state index contributed by atoms with van der Waals surface area (Å²) in [6, 6.07) is 8.00. The Morgan fingerprint density at radius 3 is 2.27 bits per heavy atom. The van der Waals surface area contributed by atoms with Gasteiger partial charge in [-0.25, -0.2) is 4.79 Å². The van der Waals surface area contributed by atoms with E-state index < -0.39 is 17.8 Å². The Bertz CT molecular complexity index is 608. The highest BCUT2D eigenvalue weighted by molar-refractivity contribution is 6.30. The van der Waals surface area contributed by atoms with Crippen LogP contribution in [0.3, 0.4) is 0 Å². The smallest absolute Gasteiger partial charge is 0.407 e. The second-order valence-corrected chi connectivity index (χ2v) is 7.95. The van der Waals surface area contributed by atoms with Crippen molar-refractivity contribution in [1.29, 1.82) is 0 Å². The molecule has 6 nitrogen and oxygen atoms in total. The maximum Gasteiger partial charge on any atom is 0.407 e. The Hall–Kier alpha value is -1.34. The monoisotopic (exact) mass is 382 g/mol. The van der Waals surface area contributed by atoms with Crippen LogP contribution in [0, 0.1) is 0 Å². The van der Waals surface area contributed by atoms with Crippen molar-refractivity contribution in [2.75, 3.05) is 32.7 Å². The van der Waals surface area contributed by atoms with Gasteiger partial charge < -0.3 is 25.1 Å². The van der Waals surface area contributed by atoms with Gasteiger partial charge in [-0.05, 0) is 62.4 Å². The summed E-state index contributed by atoms with van der Waals surface area (Å²) in [7, 11) is 0. The lowest BCUT2D eigenvalue weighted by atomic mass is 9.84. The van der Waals surface area contributed by atoms with Gasteiger partial charge in [-0.3, -0.25) is 0 Å². The fourth-order valence-electron chi connectivity index (χ4n) is 4.02. The predicted octanol–water partition coefficient (Wildman–Crippen LogP) is 2.39. The summed E-state index contributed by atoms with van der Waals surface area (Å²) in [5.41, 5.74) is 0.105. The number of β-amino-alcohol motifs (C(OH)–C–C–N with tert-alkyl or cyclic N) is 1. The number of benzene rings is 1. The first-order valence-corrected chi connectivity index (χ1v) is 9.61. The van der Waals surface area contributed by atoms with Gasteiger partial charge in [0.05, 0.1) is 11.7 Å². The van der Waals surface area contributed by atoms with E-state index in [0.717, 1.165) is 31.0 Å². The molecule has 2 aliphatic heterocycles. The summed E-state index contributed by atoms with van der Waals surface area (Å²) >= 11 is 5.95. The zero-order valence-corrected chi connectivity index (χ0v) is 15.6. The fourth-order valence-corrected chi connectivity index (χ4v) is 4.14. The SMILES string of the molecule is O=C(O)N1CCC(O)(C(O)CN2CCC(c3ccc(Cl)cc3)CC2)CC1. The van der Waals surface area contributed by atoms with Crippen LogP contribution in [-0.4, -0.2) is 75.6 Å². The van der Waals surface area contributed by atoms with E-state index in [0.29, 0.717) is 12.5 Å². The first-order valence-electron chi connectivity index (χ1n) is 9.23. The van der Waals surface area contributed by atoms with Crippen molar-refractivity contribution in [2.45, 2.75) is 43.3 Å². The standard InChI is InChI=1S/C19H27ClN2O4/c20-16-3-1-14(2-4-16)15-5-9-21(10-6-15)13-17(23)19(26)7-11-22(12-8-19)18(24)25/h1-4,15,17,23,26H,5-13H2,(H,24,25). The number of likely N-dealkylation sites (tertiary alicyclic amines) is 2. The summed E-state index contributed by atoms with van der Waals surface area (Å²) in [5, 5.41) is 31.0. The summed E-state index contributed by atoms with van der Waals surface area (Å²) in [4.78, 5) is 14.5. The minimum Gasteiger partial charge on any atom is -0.465 e. The number of halogens is 1. The van der Waals surface area contributed by atoms with E-state index in [1.807, 2.05) is 12.1 Å². The van der Waals surface area contributed by atoms with Gasteiger partial charge in [-0.15, -0.1) is 0 Å². The molecule has 1 aromatic carbocycles. The van der Waals surface area contributed by atoms with Crippen LogP contribution in [0.5, 0.6) is 0 Å². The van der Waals surface area contributed by atoms with Gasteiger partial charge in [0.2, 0.25) is 0 Å². The highest BCUT2D eigenvalue weighted by atomic mass is 35.5. The van der Waals surface area contributed by atoms with Gasteiger partial charge in [0, 0.05) is 24.7 Å². The van der Waals surface area contributed by atoms with Crippen LogP contribution in [0.1, 0.15) is 37.2 Å². The molecule has 1 aromatic rings. The third-order valence-electron chi connectivity index (χ3n) is 5.88. The summed E-state index contributed by atoms with van der Waals surface area (Å²) in [6.07, 6.45) is 0.763. The Morgan fingerprint density at radius 1 is 1.15 bits per heavy atom. The minimum absolute atomic E-state index is 0.265. The lowest BCUT2D eigenvalue weighted by molar-refractivity contribution is -0.115. The predicted molar refractivity (Wildman–Crippen MR) is 99.7 cm³/mol. The second-order valence-electron chi connectivity index (χ2n) is 7.52.